The zero-order valence-corrected chi connectivity index (χ0v) is 9.81. The van der Waals surface area contributed by atoms with Crippen LogP contribution >= 0.6 is 7.60 Å². The summed E-state index contributed by atoms with van der Waals surface area (Å²) >= 11 is 0. The fourth-order valence-corrected chi connectivity index (χ4v) is 1.46. The second-order valence-electron chi connectivity index (χ2n) is 3.58. The summed E-state index contributed by atoms with van der Waals surface area (Å²) in [6, 6.07) is 0. The predicted molar refractivity (Wildman–Crippen MR) is 56.0 cm³/mol. The molecule has 0 saturated heterocycles. The highest BCUT2D eigenvalue weighted by Gasteiger charge is 2.30. The second kappa shape index (κ2) is 7.37. The highest BCUT2D eigenvalue weighted by Crippen LogP contribution is 2.31. The first-order valence-corrected chi connectivity index (χ1v) is 6.57. The van der Waals surface area contributed by atoms with E-state index >= 15 is 0 Å². The minimum Gasteiger partial charge on any atom is -0.394 e. The maximum Gasteiger partial charge on any atom is 0.339 e. The molecule has 0 unspecified atom stereocenters. The Kier molecular flexibility index (Phi) is 7.33. The number of hydrogen-bond acceptors (Lipinski definition) is 7. The molecule has 8 N–H and O–H groups in total. The van der Waals surface area contributed by atoms with Gasteiger partial charge in [0, 0.05) is 6.54 Å². The van der Waals surface area contributed by atoms with Gasteiger partial charge in [0.15, 0.2) is 0 Å². The molecule has 0 aliphatic heterocycles. The molecule has 0 aromatic heterocycles. The van der Waals surface area contributed by atoms with E-state index < -0.39 is 44.9 Å². The highest BCUT2D eigenvalue weighted by atomic mass is 31.2. The average Bonchev–Trinajstić information content (AvgIpc) is 2.24. The van der Waals surface area contributed by atoms with Gasteiger partial charge >= 0.3 is 7.60 Å². The molecule has 0 amide bonds. The molecule has 0 aromatic rings. The maximum atomic E-state index is 10.4. The van der Waals surface area contributed by atoms with Gasteiger partial charge in [-0.05, 0) is 0 Å². The van der Waals surface area contributed by atoms with E-state index in [0.29, 0.717) is 0 Å². The minimum absolute atomic E-state index is 0.387. The normalized spacial score (nSPS) is 19.7. The van der Waals surface area contributed by atoms with Crippen molar-refractivity contribution in [1.29, 1.82) is 0 Å². The number of aliphatic hydroxyl groups excluding tert-OH is 5. The maximum absolute atomic E-state index is 10.4. The Morgan fingerprint density at radius 3 is 1.88 bits per heavy atom. The first-order chi connectivity index (χ1) is 7.69. The van der Waals surface area contributed by atoms with Crippen LogP contribution in [0.5, 0.6) is 0 Å². The van der Waals surface area contributed by atoms with Gasteiger partial charge in [-0.25, -0.2) is 0 Å². The molecule has 104 valence electrons. The molecule has 0 bridgehead atoms. The Hall–Kier alpha value is -0.0900. The van der Waals surface area contributed by atoms with Crippen molar-refractivity contribution < 1.29 is 39.9 Å². The van der Waals surface area contributed by atoms with Crippen LogP contribution in [0, 0.1) is 0 Å². The lowest BCUT2D eigenvalue weighted by atomic mass is 10.0. The van der Waals surface area contributed by atoms with Crippen molar-refractivity contribution in [1.82, 2.24) is 5.32 Å². The summed E-state index contributed by atoms with van der Waals surface area (Å²) in [5, 5.41) is 47.5. The van der Waals surface area contributed by atoms with Crippen molar-refractivity contribution in [2.24, 2.45) is 0 Å². The number of nitrogens with one attached hydrogen (secondary N) is 1. The highest BCUT2D eigenvalue weighted by molar-refractivity contribution is 7.51. The molecule has 0 fully saturated rings. The Balaban J connectivity index is 4.05. The Morgan fingerprint density at radius 1 is 1.00 bits per heavy atom. The van der Waals surface area contributed by atoms with Gasteiger partial charge in [-0.15, -0.1) is 0 Å². The van der Waals surface area contributed by atoms with Crippen molar-refractivity contribution in [3.63, 3.8) is 0 Å². The lowest BCUT2D eigenvalue weighted by molar-refractivity contribution is -0.113. The first kappa shape index (κ1) is 16.9. The molecule has 4 atom stereocenters. The monoisotopic (exact) mass is 275 g/mol. The zero-order valence-electron chi connectivity index (χ0n) is 8.92. The fourth-order valence-electron chi connectivity index (χ4n) is 1.04. The molecular formula is C7H18NO8P. The number of rotatable bonds is 8. The molecular weight excluding hydrogens is 257 g/mol. The molecule has 0 saturated carbocycles. The summed E-state index contributed by atoms with van der Waals surface area (Å²) in [4.78, 5) is 17.0. The van der Waals surface area contributed by atoms with Crippen LogP contribution in [0.1, 0.15) is 0 Å². The van der Waals surface area contributed by atoms with Crippen LogP contribution in [-0.2, 0) is 4.57 Å². The van der Waals surface area contributed by atoms with Gasteiger partial charge in [0.1, 0.15) is 18.3 Å². The third-order valence-electron chi connectivity index (χ3n) is 2.00. The SMILES string of the molecule is O=P(O)(O)CNC[C@H](O)[C@@H](O)[C@@H](O)[C@H](O)CO. The van der Waals surface area contributed by atoms with Crippen molar-refractivity contribution in [3.8, 4) is 0 Å². The Labute approximate surface area is 97.5 Å². The average molecular weight is 275 g/mol. The second-order valence-corrected chi connectivity index (χ2v) is 5.22. The number of aliphatic hydroxyl groups is 5. The molecule has 17 heavy (non-hydrogen) atoms. The van der Waals surface area contributed by atoms with Gasteiger partial charge in [-0.2, -0.15) is 0 Å². The van der Waals surface area contributed by atoms with E-state index in [9.17, 15) is 19.9 Å². The zero-order chi connectivity index (χ0) is 13.6. The van der Waals surface area contributed by atoms with E-state index in [1.807, 2.05) is 0 Å². The molecule has 0 aliphatic rings. The van der Waals surface area contributed by atoms with E-state index in [1.54, 1.807) is 0 Å². The van der Waals surface area contributed by atoms with Crippen molar-refractivity contribution in [2.75, 3.05) is 19.4 Å². The van der Waals surface area contributed by atoms with Crippen LogP contribution < -0.4 is 5.32 Å². The fraction of sp³-hybridized carbons (Fsp3) is 1.00. The summed E-state index contributed by atoms with van der Waals surface area (Å²) in [6.45, 7) is -1.18. The third kappa shape index (κ3) is 7.04. The van der Waals surface area contributed by atoms with E-state index in [1.165, 1.54) is 0 Å². The van der Waals surface area contributed by atoms with Gasteiger partial charge in [0.05, 0.1) is 19.0 Å². The van der Waals surface area contributed by atoms with E-state index in [0.717, 1.165) is 0 Å². The molecule has 10 heteroatoms. The predicted octanol–water partition coefficient (Wildman–Crippen LogP) is -3.85. The summed E-state index contributed by atoms with van der Waals surface area (Å²) in [7, 11) is -4.26. The van der Waals surface area contributed by atoms with E-state index in [4.69, 9.17) is 20.0 Å². The summed E-state index contributed by atoms with van der Waals surface area (Å²) in [6.07, 6.45) is -7.34. The molecule has 0 heterocycles. The van der Waals surface area contributed by atoms with Gasteiger partial charge < -0.3 is 40.6 Å². The Bertz CT molecular complexity index is 258. The van der Waals surface area contributed by atoms with Crippen LogP contribution in [0.15, 0.2) is 0 Å². The van der Waals surface area contributed by atoms with Crippen LogP contribution in [0.3, 0.4) is 0 Å². The van der Waals surface area contributed by atoms with Crippen LogP contribution in [-0.4, -0.2) is 79.2 Å². The van der Waals surface area contributed by atoms with Gasteiger partial charge in [-0.3, -0.25) is 4.57 Å². The summed E-state index contributed by atoms with van der Waals surface area (Å²) < 4.78 is 10.4. The van der Waals surface area contributed by atoms with E-state index in [-0.39, 0.29) is 6.54 Å². The summed E-state index contributed by atoms with van der Waals surface area (Å²) in [5.74, 6) is 0. The first-order valence-electron chi connectivity index (χ1n) is 4.77. The molecule has 0 rings (SSSR count). The quantitative estimate of drug-likeness (QED) is 0.206. The van der Waals surface area contributed by atoms with E-state index in [2.05, 4.69) is 5.32 Å². The smallest absolute Gasteiger partial charge is 0.339 e. The van der Waals surface area contributed by atoms with Crippen LogP contribution in [0.25, 0.3) is 0 Å². The topological polar surface area (TPSA) is 171 Å². The van der Waals surface area contributed by atoms with Crippen molar-refractivity contribution >= 4 is 7.60 Å². The van der Waals surface area contributed by atoms with Crippen molar-refractivity contribution in [2.45, 2.75) is 24.4 Å². The molecule has 0 aliphatic carbocycles. The molecule has 0 radical (unpaired) electrons. The standard InChI is InChI=1S/C7H18NO8P/c9-2-5(11)7(13)6(12)4(10)1-8-3-17(14,15)16/h4-13H,1-3H2,(H2,14,15,16)/t4-,5+,6+,7-/m0/s1. The lowest BCUT2D eigenvalue weighted by Crippen LogP contribution is -2.49. The van der Waals surface area contributed by atoms with Gasteiger partial charge in [0.2, 0.25) is 0 Å². The van der Waals surface area contributed by atoms with Crippen LogP contribution in [0.4, 0.5) is 0 Å². The van der Waals surface area contributed by atoms with Crippen LogP contribution in [0.2, 0.25) is 0 Å². The number of hydrogen-bond donors (Lipinski definition) is 8. The van der Waals surface area contributed by atoms with Gasteiger partial charge in [-0.1, -0.05) is 0 Å². The molecule has 0 aromatic carbocycles. The van der Waals surface area contributed by atoms with Gasteiger partial charge in [0.25, 0.3) is 0 Å². The minimum atomic E-state index is -4.26. The largest absolute Gasteiger partial charge is 0.394 e. The molecule has 0 spiro atoms. The van der Waals surface area contributed by atoms with Crippen molar-refractivity contribution in [3.05, 3.63) is 0 Å². The lowest BCUT2D eigenvalue weighted by Gasteiger charge is -2.25. The Morgan fingerprint density at radius 2 is 1.47 bits per heavy atom. The molecule has 9 nitrogen and oxygen atoms in total. The summed E-state index contributed by atoms with van der Waals surface area (Å²) in [5.41, 5.74) is 0. The third-order valence-corrected chi connectivity index (χ3v) is 2.63.